The van der Waals surface area contributed by atoms with Crippen LogP contribution in [0, 0.1) is 22.7 Å². The lowest BCUT2D eigenvalue weighted by atomic mass is 9.45. The van der Waals surface area contributed by atoms with E-state index in [2.05, 4.69) is 27.7 Å². The highest BCUT2D eigenvalue weighted by atomic mass is 16.7. The van der Waals surface area contributed by atoms with E-state index in [4.69, 9.17) is 14.2 Å². The summed E-state index contributed by atoms with van der Waals surface area (Å²) in [5.74, 6) is -0.132. The van der Waals surface area contributed by atoms with Crippen molar-refractivity contribution in [2.45, 2.75) is 78.6 Å². The summed E-state index contributed by atoms with van der Waals surface area (Å²) in [6.45, 7) is 10.8. The number of rotatable bonds is 2. The zero-order chi connectivity index (χ0) is 19.6. The lowest BCUT2D eigenvalue weighted by molar-refractivity contribution is -0.164. The summed E-state index contributed by atoms with van der Waals surface area (Å²) in [5.41, 5.74) is 0.886. The monoisotopic (exact) mass is 374 g/mol. The van der Waals surface area contributed by atoms with Gasteiger partial charge in [-0.3, -0.25) is 0 Å². The number of carbonyl (C=O) groups excluding carboxylic acids is 2. The van der Waals surface area contributed by atoms with E-state index in [-0.39, 0.29) is 28.7 Å². The maximum Gasteiger partial charge on any atom is 0.338 e. The van der Waals surface area contributed by atoms with Crippen LogP contribution in [0.1, 0.15) is 66.7 Å². The zero-order valence-electron chi connectivity index (χ0n) is 17.0. The molecule has 1 saturated heterocycles. The van der Waals surface area contributed by atoms with E-state index >= 15 is 0 Å². The summed E-state index contributed by atoms with van der Waals surface area (Å²) in [5, 5.41) is 0. The van der Waals surface area contributed by atoms with Crippen molar-refractivity contribution in [3.05, 3.63) is 23.5 Å². The second kappa shape index (κ2) is 5.86. The fraction of sp³-hybridized carbons (Fsp3) is 0.727. The second-order valence-electron chi connectivity index (χ2n) is 9.91. The fourth-order valence-corrected chi connectivity index (χ4v) is 6.52. The molecule has 0 radical (unpaired) electrons. The SMILES string of the molecule is CC1=CC(O/C=C2/C(=O)O[C@@]3(C)CC[C@@H]4C(C)(C)CCC[C@@]4(C)[C@@H]23)OC1=O. The Bertz CT molecular complexity index is 748. The van der Waals surface area contributed by atoms with Crippen LogP contribution in [0.3, 0.4) is 0 Å². The number of hydrogen-bond acceptors (Lipinski definition) is 5. The number of esters is 2. The zero-order valence-corrected chi connectivity index (χ0v) is 17.0. The smallest absolute Gasteiger partial charge is 0.338 e. The Morgan fingerprint density at radius 3 is 2.52 bits per heavy atom. The van der Waals surface area contributed by atoms with Crippen molar-refractivity contribution < 1.29 is 23.8 Å². The molecule has 0 amide bonds. The molecule has 5 heteroatoms. The van der Waals surface area contributed by atoms with Crippen molar-refractivity contribution >= 4 is 11.9 Å². The summed E-state index contributed by atoms with van der Waals surface area (Å²) in [7, 11) is 0. The van der Waals surface area contributed by atoms with E-state index in [1.807, 2.05) is 0 Å². The highest BCUT2D eigenvalue weighted by molar-refractivity contribution is 5.92. The van der Waals surface area contributed by atoms with Gasteiger partial charge in [-0.2, -0.15) is 0 Å². The Kier molecular flexibility index (Phi) is 4.03. The predicted octanol–water partition coefficient (Wildman–Crippen LogP) is 4.27. The molecule has 3 fully saturated rings. The van der Waals surface area contributed by atoms with Crippen molar-refractivity contribution in [2.24, 2.45) is 22.7 Å². The average molecular weight is 374 g/mol. The van der Waals surface area contributed by atoms with E-state index in [9.17, 15) is 9.59 Å². The maximum atomic E-state index is 12.8. The topological polar surface area (TPSA) is 61.8 Å². The third kappa shape index (κ3) is 2.73. The molecule has 5 nitrogen and oxygen atoms in total. The van der Waals surface area contributed by atoms with Crippen molar-refractivity contribution in [1.82, 2.24) is 0 Å². The largest absolute Gasteiger partial charge is 0.458 e. The fourth-order valence-electron chi connectivity index (χ4n) is 6.52. The van der Waals surface area contributed by atoms with Gasteiger partial charge in [0.1, 0.15) is 5.60 Å². The van der Waals surface area contributed by atoms with E-state index in [1.54, 1.807) is 13.0 Å². The number of hydrogen-bond donors (Lipinski definition) is 0. The molecular formula is C22H30O5. The summed E-state index contributed by atoms with van der Waals surface area (Å²) >= 11 is 0. The number of ether oxygens (including phenoxy) is 3. The van der Waals surface area contributed by atoms with Gasteiger partial charge in [-0.15, -0.1) is 0 Å². The molecule has 0 N–H and O–H groups in total. The van der Waals surface area contributed by atoms with E-state index in [1.165, 1.54) is 12.7 Å². The van der Waals surface area contributed by atoms with Crippen LogP contribution in [-0.2, 0) is 23.8 Å². The van der Waals surface area contributed by atoms with Crippen LogP contribution in [0.25, 0.3) is 0 Å². The van der Waals surface area contributed by atoms with Gasteiger partial charge in [0.15, 0.2) is 0 Å². The molecule has 0 spiro atoms. The minimum Gasteiger partial charge on any atom is -0.458 e. The van der Waals surface area contributed by atoms with Crippen LogP contribution < -0.4 is 0 Å². The van der Waals surface area contributed by atoms with Gasteiger partial charge in [0.25, 0.3) is 6.29 Å². The van der Waals surface area contributed by atoms with Crippen molar-refractivity contribution in [2.75, 3.05) is 0 Å². The molecule has 2 heterocycles. The molecule has 2 aliphatic carbocycles. The minimum absolute atomic E-state index is 0.00185. The van der Waals surface area contributed by atoms with E-state index in [0.717, 1.165) is 25.7 Å². The first-order valence-electron chi connectivity index (χ1n) is 10.1. The molecule has 4 aliphatic rings. The molecule has 0 aromatic carbocycles. The van der Waals surface area contributed by atoms with Gasteiger partial charge in [-0.05, 0) is 56.3 Å². The molecule has 5 atom stereocenters. The van der Waals surface area contributed by atoms with Crippen LogP contribution in [0.2, 0.25) is 0 Å². The molecular weight excluding hydrogens is 344 g/mol. The quantitative estimate of drug-likeness (QED) is 0.410. The number of fused-ring (bicyclic) bond motifs is 3. The van der Waals surface area contributed by atoms with Gasteiger partial charge in [0.05, 0.1) is 11.8 Å². The second-order valence-corrected chi connectivity index (χ2v) is 9.91. The van der Waals surface area contributed by atoms with Crippen molar-refractivity contribution in [3.63, 3.8) is 0 Å². The molecule has 2 saturated carbocycles. The number of carbonyl (C=O) groups is 2. The van der Waals surface area contributed by atoms with Gasteiger partial charge in [0.2, 0.25) is 0 Å². The molecule has 148 valence electrons. The lowest BCUT2D eigenvalue weighted by Crippen LogP contribution is -2.56. The van der Waals surface area contributed by atoms with Gasteiger partial charge in [-0.1, -0.05) is 27.2 Å². The van der Waals surface area contributed by atoms with Gasteiger partial charge < -0.3 is 14.2 Å². The highest BCUT2D eigenvalue weighted by Crippen LogP contribution is 2.66. The molecule has 27 heavy (non-hydrogen) atoms. The summed E-state index contributed by atoms with van der Waals surface area (Å²) in [6.07, 6.45) is 7.81. The standard InChI is InChI=1S/C22H30O5/c1-13-11-16(26-18(13)23)25-12-14-17-21(4)9-6-8-20(2,3)15(21)7-10-22(17,5)27-19(14)24/h11-12,15-17H,6-10H2,1-5H3/b14-12+/t15-,16?,17-,21-,22+/m1/s1. The normalized spacial score (nSPS) is 44.3. The molecule has 0 bridgehead atoms. The van der Waals surface area contributed by atoms with E-state index < -0.39 is 11.9 Å². The van der Waals surface area contributed by atoms with Gasteiger partial charge in [0, 0.05) is 17.6 Å². The highest BCUT2D eigenvalue weighted by Gasteiger charge is 2.65. The number of cyclic esters (lactones) is 1. The van der Waals surface area contributed by atoms with Crippen molar-refractivity contribution in [1.29, 1.82) is 0 Å². The third-order valence-electron chi connectivity index (χ3n) is 7.61. The van der Waals surface area contributed by atoms with Crippen LogP contribution in [-0.4, -0.2) is 23.8 Å². The summed E-state index contributed by atoms with van der Waals surface area (Å²) in [4.78, 5) is 24.3. The van der Waals surface area contributed by atoms with Gasteiger partial charge >= 0.3 is 11.9 Å². The van der Waals surface area contributed by atoms with E-state index in [0.29, 0.717) is 17.1 Å². The average Bonchev–Trinajstić information content (AvgIpc) is 3.00. The van der Waals surface area contributed by atoms with Crippen LogP contribution in [0.4, 0.5) is 0 Å². The molecule has 2 aliphatic heterocycles. The first kappa shape index (κ1) is 18.6. The van der Waals surface area contributed by atoms with Gasteiger partial charge in [-0.25, -0.2) is 9.59 Å². The Balaban J connectivity index is 1.67. The van der Waals surface area contributed by atoms with Crippen molar-refractivity contribution in [3.8, 4) is 0 Å². The van der Waals surface area contributed by atoms with Crippen LogP contribution in [0.15, 0.2) is 23.5 Å². The summed E-state index contributed by atoms with van der Waals surface area (Å²) in [6, 6.07) is 0. The van der Waals surface area contributed by atoms with Crippen LogP contribution >= 0.6 is 0 Å². The third-order valence-corrected chi connectivity index (χ3v) is 7.61. The Morgan fingerprint density at radius 1 is 1.11 bits per heavy atom. The molecule has 4 rings (SSSR count). The first-order chi connectivity index (χ1) is 12.6. The minimum atomic E-state index is -0.764. The lowest BCUT2D eigenvalue weighted by Gasteiger charge is -2.59. The maximum absolute atomic E-state index is 12.8. The summed E-state index contributed by atoms with van der Waals surface area (Å²) < 4.78 is 16.7. The predicted molar refractivity (Wildman–Crippen MR) is 99.3 cm³/mol. The van der Waals surface area contributed by atoms with Crippen LogP contribution in [0.5, 0.6) is 0 Å². The molecule has 0 aromatic rings. The Morgan fingerprint density at radius 2 is 1.85 bits per heavy atom. The molecule has 1 unspecified atom stereocenters. The Hall–Kier alpha value is -1.78. The first-order valence-corrected chi connectivity index (χ1v) is 10.1. The Labute approximate surface area is 161 Å². The molecule has 0 aromatic heterocycles.